The van der Waals surface area contributed by atoms with Crippen molar-refractivity contribution in [1.82, 2.24) is 0 Å². The van der Waals surface area contributed by atoms with Crippen LogP contribution >= 0.6 is 11.8 Å². The molecule has 68 valence electrons. The average molecular weight is 190 g/mol. The first-order valence-electron chi connectivity index (χ1n) is 3.31. The van der Waals surface area contributed by atoms with E-state index in [0.29, 0.717) is 18.2 Å². The summed E-state index contributed by atoms with van der Waals surface area (Å²) in [6.45, 7) is 1.85. The van der Waals surface area contributed by atoms with E-state index in [9.17, 15) is 17.6 Å². The Hall–Kier alpha value is 0.0700. The summed E-state index contributed by atoms with van der Waals surface area (Å²) in [5.41, 5.74) is -2.71. The summed E-state index contributed by atoms with van der Waals surface area (Å²) in [6.07, 6.45) is -3.28. The van der Waals surface area contributed by atoms with Crippen LogP contribution in [0.1, 0.15) is 19.8 Å². The zero-order valence-corrected chi connectivity index (χ0v) is 6.94. The molecule has 0 saturated heterocycles. The van der Waals surface area contributed by atoms with Gasteiger partial charge in [-0.1, -0.05) is 13.3 Å². The van der Waals surface area contributed by atoms with Crippen LogP contribution < -0.4 is 0 Å². The zero-order chi connectivity index (χ0) is 8.91. The lowest BCUT2D eigenvalue weighted by Crippen LogP contribution is -2.21. The van der Waals surface area contributed by atoms with Crippen molar-refractivity contribution in [1.29, 1.82) is 0 Å². The maximum atomic E-state index is 12.1. The number of hydrogen-bond donors (Lipinski definition) is 0. The van der Waals surface area contributed by atoms with Crippen molar-refractivity contribution in [3.05, 3.63) is 0 Å². The molecule has 5 heteroatoms. The maximum absolute atomic E-state index is 12.1. The second-order valence-electron chi connectivity index (χ2n) is 2.08. The predicted octanol–water partition coefficient (Wildman–Crippen LogP) is 3.38. The number of unbranched alkanes of at least 4 members (excludes halogenated alkanes) is 1. The third-order valence-corrected chi connectivity index (χ3v) is 2.10. The van der Waals surface area contributed by atoms with Gasteiger partial charge in [-0.05, 0) is 12.2 Å². The molecule has 0 nitrogen and oxygen atoms in total. The molecule has 0 saturated carbocycles. The highest BCUT2D eigenvalue weighted by Crippen LogP contribution is 2.31. The fourth-order valence-electron chi connectivity index (χ4n) is 0.426. The number of halogens is 4. The largest absolute Gasteiger partial charge is 0.429 e. The molecule has 0 aromatic carbocycles. The predicted molar refractivity (Wildman–Crippen MR) is 38.3 cm³/mol. The zero-order valence-electron chi connectivity index (χ0n) is 6.12. The van der Waals surface area contributed by atoms with Crippen molar-refractivity contribution in [3.8, 4) is 0 Å². The molecule has 0 aliphatic heterocycles. The Morgan fingerprint density at radius 1 is 1.36 bits per heavy atom. The van der Waals surface area contributed by atoms with Gasteiger partial charge in [0.2, 0.25) is 5.50 Å². The Bertz CT molecular complexity index is 101. The fraction of sp³-hybridized carbons (Fsp3) is 1.00. The molecule has 0 radical (unpaired) electrons. The Kier molecular flexibility index (Phi) is 4.88. The number of alkyl halides is 4. The Balaban J connectivity index is 3.44. The SMILES string of the molecule is CCCCSC(F)C(F)(F)F. The first-order chi connectivity index (χ1) is 4.98. The molecule has 0 aliphatic carbocycles. The van der Waals surface area contributed by atoms with Crippen LogP contribution in [0.5, 0.6) is 0 Å². The third-order valence-electron chi connectivity index (χ3n) is 1.02. The van der Waals surface area contributed by atoms with Gasteiger partial charge in [0.25, 0.3) is 0 Å². The van der Waals surface area contributed by atoms with E-state index >= 15 is 0 Å². The van der Waals surface area contributed by atoms with Crippen LogP contribution in [-0.2, 0) is 0 Å². The minimum atomic E-state index is -4.70. The van der Waals surface area contributed by atoms with Gasteiger partial charge in [0, 0.05) is 0 Å². The molecule has 0 fully saturated rings. The van der Waals surface area contributed by atoms with Crippen LogP contribution in [0, 0.1) is 0 Å². The fourth-order valence-corrected chi connectivity index (χ4v) is 1.28. The summed E-state index contributed by atoms with van der Waals surface area (Å²) in [5.74, 6) is 0.233. The first-order valence-corrected chi connectivity index (χ1v) is 4.35. The Morgan fingerprint density at radius 3 is 2.27 bits per heavy atom. The van der Waals surface area contributed by atoms with Gasteiger partial charge in [-0.25, -0.2) is 4.39 Å². The summed E-state index contributed by atoms with van der Waals surface area (Å²) in [5, 5.41) is 0. The molecule has 1 atom stereocenters. The van der Waals surface area contributed by atoms with E-state index in [0.717, 1.165) is 6.42 Å². The van der Waals surface area contributed by atoms with Crippen molar-refractivity contribution in [2.75, 3.05) is 5.75 Å². The smallest absolute Gasteiger partial charge is 0.225 e. The Labute approximate surface area is 67.3 Å². The standard InChI is InChI=1S/C6H10F4S/c1-2-3-4-11-5(7)6(8,9)10/h5H,2-4H2,1H3. The lowest BCUT2D eigenvalue weighted by atomic mass is 10.4. The van der Waals surface area contributed by atoms with Gasteiger partial charge in [-0.3, -0.25) is 0 Å². The molecule has 0 amide bonds. The molecule has 0 heterocycles. The van der Waals surface area contributed by atoms with E-state index in [2.05, 4.69) is 0 Å². The van der Waals surface area contributed by atoms with Crippen LogP contribution in [0.4, 0.5) is 17.6 Å². The van der Waals surface area contributed by atoms with E-state index < -0.39 is 11.7 Å². The monoisotopic (exact) mass is 190 g/mol. The van der Waals surface area contributed by atoms with Crippen molar-refractivity contribution < 1.29 is 17.6 Å². The highest BCUT2D eigenvalue weighted by atomic mass is 32.2. The van der Waals surface area contributed by atoms with Crippen LogP contribution in [-0.4, -0.2) is 17.4 Å². The number of rotatable bonds is 4. The lowest BCUT2D eigenvalue weighted by molar-refractivity contribution is -0.154. The molecular weight excluding hydrogens is 180 g/mol. The van der Waals surface area contributed by atoms with Crippen molar-refractivity contribution in [3.63, 3.8) is 0 Å². The number of thioether (sulfide) groups is 1. The quantitative estimate of drug-likeness (QED) is 0.483. The lowest BCUT2D eigenvalue weighted by Gasteiger charge is -2.10. The molecule has 0 rings (SSSR count). The minimum absolute atomic E-state index is 0.233. The third kappa shape index (κ3) is 5.35. The molecule has 0 spiro atoms. The van der Waals surface area contributed by atoms with Gasteiger partial charge in [0.05, 0.1) is 0 Å². The van der Waals surface area contributed by atoms with Crippen LogP contribution in [0.15, 0.2) is 0 Å². The van der Waals surface area contributed by atoms with Gasteiger partial charge in [-0.15, -0.1) is 11.8 Å². The van der Waals surface area contributed by atoms with Crippen molar-refractivity contribution in [2.24, 2.45) is 0 Å². The molecule has 11 heavy (non-hydrogen) atoms. The highest BCUT2D eigenvalue weighted by Gasteiger charge is 2.40. The minimum Gasteiger partial charge on any atom is -0.225 e. The average Bonchev–Trinajstić information content (AvgIpc) is 1.86. The summed E-state index contributed by atoms with van der Waals surface area (Å²) in [6, 6.07) is 0. The van der Waals surface area contributed by atoms with E-state index in [1.165, 1.54) is 0 Å². The van der Waals surface area contributed by atoms with Crippen molar-refractivity contribution in [2.45, 2.75) is 31.4 Å². The second kappa shape index (κ2) is 4.85. The highest BCUT2D eigenvalue weighted by molar-refractivity contribution is 7.99. The molecule has 0 bridgehead atoms. The normalized spacial score (nSPS) is 15.0. The number of hydrogen-bond acceptors (Lipinski definition) is 1. The Morgan fingerprint density at radius 2 is 1.91 bits per heavy atom. The maximum Gasteiger partial charge on any atom is 0.429 e. The van der Waals surface area contributed by atoms with Gasteiger partial charge in [0.1, 0.15) is 0 Å². The summed E-state index contributed by atoms with van der Waals surface area (Å²) >= 11 is 0.316. The molecule has 0 aromatic heterocycles. The van der Waals surface area contributed by atoms with E-state index in [1.54, 1.807) is 0 Å². The van der Waals surface area contributed by atoms with Gasteiger partial charge in [0.15, 0.2) is 0 Å². The first kappa shape index (κ1) is 11.1. The topological polar surface area (TPSA) is 0 Å². The van der Waals surface area contributed by atoms with Crippen LogP contribution in [0.25, 0.3) is 0 Å². The van der Waals surface area contributed by atoms with E-state index in [-0.39, 0.29) is 5.75 Å². The molecule has 1 unspecified atom stereocenters. The summed E-state index contributed by atoms with van der Waals surface area (Å²) in [7, 11) is 0. The van der Waals surface area contributed by atoms with Gasteiger partial charge < -0.3 is 0 Å². The molecule has 0 aromatic rings. The molecular formula is C6H10F4S. The molecule has 0 N–H and O–H groups in total. The summed E-state index contributed by atoms with van der Waals surface area (Å²) < 4.78 is 46.5. The summed E-state index contributed by atoms with van der Waals surface area (Å²) in [4.78, 5) is 0. The molecule has 0 aliphatic rings. The van der Waals surface area contributed by atoms with E-state index in [1.807, 2.05) is 6.92 Å². The van der Waals surface area contributed by atoms with Gasteiger partial charge >= 0.3 is 6.18 Å². The van der Waals surface area contributed by atoms with E-state index in [4.69, 9.17) is 0 Å². The van der Waals surface area contributed by atoms with Crippen LogP contribution in [0.3, 0.4) is 0 Å². The second-order valence-corrected chi connectivity index (χ2v) is 3.24. The van der Waals surface area contributed by atoms with Gasteiger partial charge in [-0.2, -0.15) is 13.2 Å². The van der Waals surface area contributed by atoms with Crippen molar-refractivity contribution >= 4 is 11.8 Å². The van der Waals surface area contributed by atoms with Crippen LogP contribution in [0.2, 0.25) is 0 Å².